The van der Waals surface area contributed by atoms with Crippen molar-refractivity contribution in [1.82, 2.24) is 10.3 Å². The van der Waals surface area contributed by atoms with Crippen LogP contribution in [0.2, 0.25) is 0 Å². The first kappa shape index (κ1) is 15.2. The van der Waals surface area contributed by atoms with Gasteiger partial charge < -0.3 is 10.1 Å². The Morgan fingerprint density at radius 2 is 2.09 bits per heavy atom. The predicted octanol–water partition coefficient (Wildman–Crippen LogP) is 3.38. The molecule has 0 atom stereocenters. The van der Waals surface area contributed by atoms with E-state index in [4.69, 9.17) is 9.37 Å². The van der Waals surface area contributed by atoms with E-state index in [1.54, 1.807) is 0 Å². The van der Waals surface area contributed by atoms with Gasteiger partial charge in [-0.1, -0.05) is 25.1 Å². The molecule has 0 fully saturated rings. The number of aryl methyl sites for hydroxylation is 1. The van der Waals surface area contributed by atoms with Gasteiger partial charge in [0.25, 0.3) is 5.91 Å². The Hall–Kier alpha value is -2.67. The zero-order chi connectivity index (χ0) is 16.1. The van der Waals surface area contributed by atoms with Crippen LogP contribution in [0.5, 0.6) is 5.75 Å². The molecular weight excluding hydrogens is 314 g/mol. The second-order valence-electron chi connectivity index (χ2n) is 4.77. The summed E-state index contributed by atoms with van der Waals surface area (Å²) in [5.41, 5.74) is 1.73. The monoisotopic (exact) mass is 329 g/mol. The summed E-state index contributed by atoms with van der Waals surface area (Å²) in [6.45, 7) is 1.97. The lowest BCUT2D eigenvalue weighted by molar-refractivity contribution is -0.118. The van der Waals surface area contributed by atoms with Crippen molar-refractivity contribution in [2.24, 2.45) is 0 Å². The minimum atomic E-state index is -0.321. The van der Waals surface area contributed by atoms with Crippen molar-refractivity contribution in [3.8, 4) is 16.3 Å². The first-order chi connectivity index (χ1) is 11.3. The van der Waals surface area contributed by atoms with Crippen LogP contribution in [-0.4, -0.2) is 22.8 Å². The maximum absolute atomic E-state index is 12.0. The summed E-state index contributed by atoms with van der Waals surface area (Å²) in [6.07, 6.45) is 0.964. The highest BCUT2D eigenvalue weighted by molar-refractivity contribution is 7.13. The number of ether oxygens (including phenoxy) is 1. The van der Waals surface area contributed by atoms with Crippen LogP contribution in [0.25, 0.3) is 10.6 Å². The largest absolute Gasteiger partial charge is 0.484 e. The average Bonchev–Trinajstić information content (AvgIpc) is 3.24. The van der Waals surface area contributed by atoms with E-state index in [0.717, 1.165) is 11.3 Å². The van der Waals surface area contributed by atoms with Gasteiger partial charge in [-0.05, 0) is 45.9 Å². The molecule has 0 bridgehead atoms. The second-order valence-corrected chi connectivity index (χ2v) is 5.72. The van der Waals surface area contributed by atoms with Crippen LogP contribution in [0.1, 0.15) is 12.5 Å². The highest BCUT2D eigenvalue weighted by Gasteiger charge is 2.16. The molecule has 3 rings (SSSR count). The molecule has 1 N–H and O–H groups in total. The molecule has 7 heteroatoms. The van der Waals surface area contributed by atoms with Gasteiger partial charge >= 0.3 is 0 Å². The number of hydrogen-bond donors (Lipinski definition) is 1. The third-order valence-electron chi connectivity index (χ3n) is 3.20. The third kappa shape index (κ3) is 3.75. The number of nitrogens with zero attached hydrogens (tertiary/aromatic N) is 2. The van der Waals surface area contributed by atoms with E-state index in [1.165, 1.54) is 16.9 Å². The van der Waals surface area contributed by atoms with Crippen molar-refractivity contribution in [1.29, 1.82) is 0 Å². The number of rotatable bonds is 6. The molecule has 0 aliphatic carbocycles. The molecule has 0 aliphatic rings. The molecular formula is C16H15N3O3S. The van der Waals surface area contributed by atoms with E-state index in [2.05, 4.69) is 22.6 Å². The lowest BCUT2D eigenvalue weighted by atomic mass is 10.2. The van der Waals surface area contributed by atoms with Gasteiger partial charge in [0.2, 0.25) is 5.82 Å². The number of nitrogens with one attached hydrogen (secondary N) is 1. The molecule has 2 aromatic heterocycles. The van der Waals surface area contributed by atoms with Crippen molar-refractivity contribution in [3.63, 3.8) is 0 Å². The summed E-state index contributed by atoms with van der Waals surface area (Å²) >= 11 is 1.49. The molecule has 0 saturated carbocycles. The smallest absolute Gasteiger partial charge is 0.263 e. The summed E-state index contributed by atoms with van der Waals surface area (Å²) in [5, 5.41) is 12.1. The highest BCUT2D eigenvalue weighted by Crippen LogP contribution is 2.28. The summed E-state index contributed by atoms with van der Waals surface area (Å²) in [6, 6.07) is 11.4. The van der Waals surface area contributed by atoms with Crippen LogP contribution in [0, 0.1) is 0 Å². The Kier molecular flexibility index (Phi) is 4.68. The lowest BCUT2D eigenvalue weighted by Crippen LogP contribution is -2.20. The van der Waals surface area contributed by atoms with Crippen molar-refractivity contribution < 1.29 is 14.2 Å². The molecule has 1 aromatic carbocycles. The fraction of sp³-hybridized carbons (Fsp3) is 0.188. The van der Waals surface area contributed by atoms with Gasteiger partial charge in [-0.3, -0.25) is 4.79 Å². The van der Waals surface area contributed by atoms with Gasteiger partial charge in [-0.2, -0.15) is 0 Å². The number of benzene rings is 1. The summed E-state index contributed by atoms with van der Waals surface area (Å²) in [4.78, 5) is 12.9. The van der Waals surface area contributed by atoms with Crippen LogP contribution < -0.4 is 10.1 Å². The van der Waals surface area contributed by atoms with E-state index in [0.29, 0.717) is 17.3 Å². The summed E-state index contributed by atoms with van der Waals surface area (Å²) in [7, 11) is 0. The second kappa shape index (κ2) is 7.06. The molecule has 23 heavy (non-hydrogen) atoms. The molecule has 0 radical (unpaired) electrons. The first-order valence-corrected chi connectivity index (χ1v) is 8.02. The van der Waals surface area contributed by atoms with Crippen molar-refractivity contribution in [2.75, 3.05) is 11.9 Å². The fourth-order valence-electron chi connectivity index (χ4n) is 1.98. The topological polar surface area (TPSA) is 77.2 Å². The van der Waals surface area contributed by atoms with Crippen molar-refractivity contribution >= 4 is 23.1 Å². The van der Waals surface area contributed by atoms with Gasteiger partial charge in [-0.15, -0.1) is 11.3 Å². The molecule has 2 heterocycles. The van der Waals surface area contributed by atoms with Crippen LogP contribution in [-0.2, 0) is 11.2 Å². The third-order valence-corrected chi connectivity index (χ3v) is 4.08. The Morgan fingerprint density at radius 3 is 2.78 bits per heavy atom. The number of anilines is 1. The van der Waals surface area contributed by atoms with Gasteiger partial charge in [0, 0.05) is 0 Å². The summed E-state index contributed by atoms with van der Waals surface area (Å²) < 4.78 is 10.2. The van der Waals surface area contributed by atoms with E-state index in [9.17, 15) is 4.79 Å². The van der Waals surface area contributed by atoms with E-state index >= 15 is 0 Å². The normalized spacial score (nSPS) is 10.5. The van der Waals surface area contributed by atoms with Gasteiger partial charge in [0.05, 0.1) is 4.88 Å². The molecule has 0 spiro atoms. The standard InChI is InChI=1S/C16H15N3O3S/c1-2-11-5-7-12(8-6-11)21-10-14(20)17-16-15(18-22-19-16)13-4-3-9-23-13/h3-9H,2,10H2,1H3,(H,17,19,20). The molecule has 6 nitrogen and oxygen atoms in total. The quantitative estimate of drug-likeness (QED) is 0.750. The SMILES string of the molecule is CCc1ccc(OCC(=O)Nc2nonc2-c2cccs2)cc1. The number of hydrogen-bond acceptors (Lipinski definition) is 6. The highest BCUT2D eigenvalue weighted by atomic mass is 32.1. The number of thiophene rings is 1. The minimum absolute atomic E-state index is 0.109. The molecule has 0 unspecified atom stereocenters. The maximum Gasteiger partial charge on any atom is 0.263 e. The first-order valence-electron chi connectivity index (χ1n) is 7.14. The molecule has 118 valence electrons. The number of aromatic nitrogens is 2. The Bertz CT molecular complexity index is 766. The van der Waals surface area contributed by atoms with Gasteiger partial charge in [-0.25, -0.2) is 4.63 Å². The van der Waals surface area contributed by atoms with E-state index in [-0.39, 0.29) is 12.5 Å². The molecule has 0 saturated heterocycles. The Morgan fingerprint density at radius 1 is 1.26 bits per heavy atom. The van der Waals surface area contributed by atoms with Crippen molar-refractivity contribution in [2.45, 2.75) is 13.3 Å². The fourth-order valence-corrected chi connectivity index (χ4v) is 2.69. The lowest BCUT2D eigenvalue weighted by Gasteiger charge is -2.06. The molecule has 3 aromatic rings. The maximum atomic E-state index is 12.0. The van der Waals surface area contributed by atoms with E-state index < -0.39 is 0 Å². The average molecular weight is 329 g/mol. The predicted molar refractivity (Wildman–Crippen MR) is 87.6 cm³/mol. The van der Waals surface area contributed by atoms with Crippen LogP contribution >= 0.6 is 11.3 Å². The number of carbonyl (C=O) groups excluding carboxylic acids is 1. The molecule has 0 aliphatic heterocycles. The number of amides is 1. The van der Waals surface area contributed by atoms with Crippen molar-refractivity contribution in [3.05, 3.63) is 47.3 Å². The Labute approximate surface area is 137 Å². The zero-order valence-electron chi connectivity index (χ0n) is 12.5. The Balaban J connectivity index is 1.58. The van der Waals surface area contributed by atoms with Crippen LogP contribution in [0.3, 0.4) is 0 Å². The molecule has 1 amide bonds. The van der Waals surface area contributed by atoms with Crippen LogP contribution in [0.4, 0.5) is 5.82 Å². The number of carbonyl (C=O) groups is 1. The van der Waals surface area contributed by atoms with Gasteiger partial charge in [0.1, 0.15) is 5.75 Å². The van der Waals surface area contributed by atoms with E-state index in [1.807, 2.05) is 41.8 Å². The minimum Gasteiger partial charge on any atom is -0.484 e. The zero-order valence-corrected chi connectivity index (χ0v) is 13.3. The summed E-state index contributed by atoms with van der Waals surface area (Å²) in [5.74, 6) is 0.620. The van der Waals surface area contributed by atoms with Crippen LogP contribution in [0.15, 0.2) is 46.4 Å². The van der Waals surface area contributed by atoms with Gasteiger partial charge in [0.15, 0.2) is 12.3 Å².